The van der Waals surface area contributed by atoms with E-state index in [1.54, 1.807) is 0 Å². The molecule has 1 heterocycles. The van der Waals surface area contributed by atoms with Crippen LogP contribution in [0.15, 0.2) is 24.3 Å². The molecule has 1 aliphatic rings. The molecule has 2 rings (SSSR count). The number of hydrogen-bond acceptors (Lipinski definition) is 3. The normalized spacial score (nSPS) is 15.2. The third-order valence-electron chi connectivity index (χ3n) is 3.96. The van der Waals surface area contributed by atoms with Gasteiger partial charge in [-0.2, -0.15) is 0 Å². The number of nitrogens with one attached hydrogen (secondary N) is 2. The summed E-state index contributed by atoms with van der Waals surface area (Å²) in [6.07, 6.45) is 3.79. The highest BCUT2D eigenvalue weighted by Crippen LogP contribution is 2.21. The van der Waals surface area contributed by atoms with Crippen LogP contribution in [0.2, 0.25) is 0 Å². The standard InChI is InChI=1S/C18H27N3O2/c1-18(2,3)17(23)19-13-16(22)20-14-7-9-15(10-8-14)21-11-5-4-6-12-21/h7-10H,4-6,11-13H2,1-3H3,(H,19,23)(H,20,22). The molecule has 1 aromatic rings. The summed E-state index contributed by atoms with van der Waals surface area (Å²) in [6, 6.07) is 7.89. The summed E-state index contributed by atoms with van der Waals surface area (Å²) in [5.41, 5.74) is 1.46. The predicted molar refractivity (Wildman–Crippen MR) is 93.6 cm³/mol. The zero-order chi connectivity index (χ0) is 16.9. The van der Waals surface area contributed by atoms with E-state index in [9.17, 15) is 9.59 Å². The summed E-state index contributed by atoms with van der Waals surface area (Å²) < 4.78 is 0. The Hall–Kier alpha value is -2.04. The fraction of sp³-hybridized carbons (Fsp3) is 0.556. The van der Waals surface area contributed by atoms with E-state index < -0.39 is 5.41 Å². The third-order valence-corrected chi connectivity index (χ3v) is 3.96. The van der Waals surface area contributed by atoms with E-state index in [4.69, 9.17) is 0 Å². The first-order valence-electron chi connectivity index (χ1n) is 8.29. The Bertz CT molecular complexity index is 540. The minimum absolute atomic E-state index is 0.00994. The van der Waals surface area contributed by atoms with E-state index in [2.05, 4.69) is 15.5 Å². The van der Waals surface area contributed by atoms with E-state index in [1.165, 1.54) is 24.9 Å². The van der Waals surface area contributed by atoms with Gasteiger partial charge < -0.3 is 15.5 Å². The summed E-state index contributed by atoms with van der Waals surface area (Å²) in [5, 5.41) is 5.45. The van der Waals surface area contributed by atoms with Crippen molar-refractivity contribution in [3.8, 4) is 0 Å². The average Bonchev–Trinajstić information content (AvgIpc) is 2.53. The Morgan fingerprint density at radius 1 is 1.04 bits per heavy atom. The average molecular weight is 317 g/mol. The van der Waals surface area contributed by atoms with Crippen LogP contribution in [0.3, 0.4) is 0 Å². The van der Waals surface area contributed by atoms with Gasteiger partial charge in [0.2, 0.25) is 11.8 Å². The smallest absolute Gasteiger partial charge is 0.243 e. The molecule has 2 N–H and O–H groups in total. The summed E-state index contributed by atoms with van der Waals surface area (Å²) in [5.74, 6) is -0.346. The van der Waals surface area contributed by atoms with Gasteiger partial charge in [-0.15, -0.1) is 0 Å². The Morgan fingerprint density at radius 3 is 2.22 bits per heavy atom. The number of hydrogen-bond donors (Lipinski definition) is 2. The van der Waals surface area contributed by atoms with Crippen LogP contribution in [-0.4, -0.2) is 31.4 Å². The van der Waals surface area contributed by atoms with Gasteiger partial charge in [0.25, 0.3) is 0 Å². The molecule has 5 heteroatoms. The molecule has 23 heavy (non-hydrogen) atoms. The first-order chi connectivity index (χ1) is 10.9. The van der Waals surface area contributed by atoms with Gasteiger partial charge in [-0.1, -0.05) is 20.8 Å². The zero-order valence-electron chi connectivity index (χ0n) is 14.3. The Morgan fingerprint density at radius 2 is 1.65 bits per heavy atom. The first-order valence-corrected chi connectivity index (χ1v) is 8.29. The second kappa shape index (κ2) is 7.49. The van der Waals surface area contributed by atoms with Crippen LogP contribution in [0.1, 0.15) is 40.0 Å². The quantitative estimate of drug-likeness (QED) is 0.897. The molecule has 0 radical (unpaired) electrons. The number of carbonyl (C=O) groups is 2. The number of piperidine rings is 1. The molecular weight excluding hydrogens is 290 g/mol. The molecule has 126 valence electrons. The van der Waals surface area contributed by atoms with Crippen LogP contribution in [0.5, 0.6) is 0 Å². The van der Waals surface area contributed by atoms with Crippen LogP contribution in [-0.2, 0) is 9.59 Å². The minimum atomic E-state index is -0.490. The highest BCUT2D eigenvalue weighted by molar-refractivity contribution is 5.95. The molecule has 0 spiro atoms. The SMILES string of the molecule is CC(C)(C)C(=O)NCC(=O)Nc1ccc(N2CCCCC2)cc1. The molecule has 1 fully saturated rings. The summed E-state index contributed by atoms with van der Waals surface area (Å²) in [7, 11) is 0. The summed E-state index contributed by atoms with van der Waals surface area (Å²) in [4.78, 5) is 26.0. The fourth-order valence-corrected chi connectivity index (χ4v) is 2.54. The molecule has 0 aliphatic carbocycles. The van der Waals surface area contributed by atoms with E-state index in [-0.39, 0.29) is 18.4 Å². The maximum Gasteiger partial charge on any atom is 0.243 e. The number of rotatable bonds is 4. The third kappa shape index (κ3) is 5.27. The summed E-state index contributed by atoms with van der Waals surface area (Å²) >= 11 is 0. The van der Waals surface area contributed by atoms with Gasteiger partial charge in [-0.05, 0) is 43.5 Å². The van der Waals surface area contributed by atoms with Crippen molar-refractivity contribution in [3.63, 3.8) is 0 Å². The molecule has 0 unspecified atom stereocenters. The lowest BCUT2D eigenvalue weighted by Crippen LogP contribution is -2.39. The fourth-order valence-electron chi connectivity index (χ4n) is 2.54. The van der Waals surface area contributed by atoms with Gasteiger partial charge in [0.15, 0.2) is 0 Å². The molecule has 5 nitrogen and oxygen atoms in total. The van der Waals surface area contributed by atoms with Crippen LogP contribution < -0.4 is 15.5 Å². The molecule has 0 bridgehead atoms. The Kier molecular flexibility index (Phi) is 5.64. The van der Waals surface area contributed by atoms with Crippen molar-refractivity contribution in [1.29, 1.82) is 0 Å². The van der Waals surface area contributed by atoms with Gasteiger partial charge in [0.1, 0.15) is 0 Å². The van der Waals surface area contributed by atoms with Crippen molar-refractivity contribution in [2.24, 2.45) is 5.41 Å². The lowest BCUT2D eigenvalue weighted by Gasteiger charge is -2.28. The van der Waals surface area contributed by atoms with Gasteiger partial charge in [0.05, 0.1) is 6.54 Å². The van der Waals surface area contributed by atoms with Gasteiger partial charge in [0, 0.05) is 29.9 Å². The maximum atomic E-state index is 11.9. The van der Waals surface area contributed by atoms with Gasteiger partial charge >= 0.3 is 0 Å². The largest absolute Gasteiger partial charge is 0.372 e. The summed E-state index contributed by atoms with van der Waals surface area (Å²) in [6.45, 7) is 7.65. The molecule has 1 aromatic carbocycles. The lowest BCUT2D eigenvalue weighted by molar-refractivity contribution is -0.130. The van der Waals surface area contributed by atoms with Crippen molar-refractivity contribution < 1.29 is 9.59 Å². The number of nitrogens with zero attached hydrogens (tertiary/aromatic N) is 1. The first kappa shape index (κ1) is 17.3. The molecular formula is C18H27N3O2. The molecule has 0 aromatic heterocycles. The highest BCUT2D eigenvalue weighted by Gasteiger charge is 2.21. The van der Waals surface area contributed by atoms with Crippen molar-refractivity contribution in [2.75, 3.05) is 29.9 Å². The van der Waals surface area contributed by atoms with Crippen LogP contribution in [0.4, 0.5) is 11.4 Å². The van der Waals surface area contributed by atoms with Crippen LogP contribution in [0, 0.1) is 5.41 Å². The molecule has 0 atom stereocenters. The van der Waals surface area contributed by atoms with Crippen molar-refractivity contribution >= 4 is 23.2 Å². The number of benzene rings is 1. The van der Waals surface area contributed by atoms with Gasteiger partial charge in [-0.25, -0.2) is 0 Å². The van der Waals surface area contributed by atoms with E-state index in [1.807, 2.05) is 45.0 Å². The maximum absolute atomic E-state index is 11.9. The van der Waals surface area contributed by atoms with E-state index in [0.717, 1.165) is 18.8 Å². The van der Waals surface area contributed by atoms with Crippen molar-refractivity contribution in [1.82, 2.24) is 5.32 Å². The molecule has 2 amide bonds. The predicted octanol–water partition coefficient (Wildman–Crippen LogP) is 2.78. The Balaban J connectivity index is 1.83. The number of amides is 2. The number of anilines is 2. The highest BCUT2D eigenvalue weighted by atomic mass is 16.2. The lowest BCUT2D eigenvalue weighted by atomic mass is 9.96. The second-order valence-electron chi connectivity index (χ2n) is 7.08. The zero-order valence-corrected chi connectivity index (χ0v) is 14.3. The van der Waals surface area contributed by atoms with E-state index in [0.29, 0.717) is 0 Å². The van der Waals surface area contributed by atoms with Crippen molar-refractivity contribution in [2.45, 2.75) is 40.0 Å². The second-order valence-corrected chi connectivity index (χ2v) is 7.08. The number of carbonyl (C=O) groups excluding carboxylic acids is 2. The van der Waals surface area contributed by atoms with Gasteiger partial charge in [-0.3, -0.25) is 9.59 Å². The molecule has 1 aliphatic heterocycles. The van der Waals surface area contributed by atoms with E-state index >= 15 is 0 Å². The topological polar surface area (TPSA) is 61.4 Å². The molecule has 1 saturated heterocycles. The van der Waals surface area contributed by atoms with Crippen LogP contribution in [0.25, 0.3) is 0 Å². The molecule has 0 saturated carbocycles. The Labute approximate surface area is 138 Å². The van der Waals surface area contributed by atoms with Crippen molar-refractivity contribution in [3.05, 3.63) is 24.3 Å². The van der Waals surface area contributed by atoms with Crippen LogP contribution >= 0.6 is 0 Å². The minimum Gasteiger partial charge on any atom is -0.372 e. The monoisotopic (exact) mass is 317 g/mol.